The first-order valence-corrected chi connectivity index (χ1v) is 0.988. The van der Waals surface area contributed by atoms with E-state index in [-0.39, 0.29) is 102 Å². The van der Waals surface area contributed by atoms with Crippen LogP contribution in [-0.4, -0.2) is 45.1 Å². The molecule has 0 radical (unpaired) electrons. The van der Waals surface area contributed by atoms with Crippen LogP contribution in [0.5, 0.6) is 0 Å². The number of rotatable bonds is 0. The molecular weight excluding hydrogens is 260 g/mol. The molecule has 0 aliphatic heterocycles. The van der Waals surface area contributed by atoms with Crippen molar-refractivity contribution < 1.29 is 41.7 Å². The van der Waals surface area contributed by atoms with Gasteiger partial charge >= 0.3 is 0 Å². The van der Waals surface area contributed by atoms with Crippen molar-refractivity contribution in [3.05, 3.63) is 0 Å². The highest BCUT2D eigenvalue weighted by Crippen LogP contribution is 0.969. The molecule has 0 spiro atoms. The van der Waals surface area contributed by atoms with Gasteiger partial charge in [-0.25, -0.2) is 0 Å². The van der Waals surface area contributed by atoms with E-state index in [2.05, 4.69) is 0 Å². The van der Waals surface area contributed by atoms with Crippen molar-refractivity contribution in [3.8, 4) is 0 Å². The third-order valence-electron chi connectivity index (χ3n) is 0. The molecule has 8 nitrogen and oxygen atoms in total. The lowest BCUT2D eigenvalue weighted by molar-refractivity contribution is -0.123. The van der Waals surface area contributed by atoms with Crippen LogP contribution in [0.4, 0.5) is 0 Å². The van der Waals surface area contributed by atoms with E-state index in [4.69, 9.17) is 19.8 Å². The fraction of sp³-hybridized carbons (Fsp3) is 0.818. The quantitative estimate of drug-likeness (QED) is 0.642. The Morgan fingerprint density at radius 2 is 0.421 bits per heavy atom. The predicted octanol–water partition coefficient (Wildman–Crippen LogP) is 1.83. The van der Waals surface area contributed by atoms with Crippen LogP contribution < -0.4 is 0 Å². The van der Waals surface area contributed by atoms with E-state index < -0.39 is 0 Å². The monoisotopic (exact) mass is 308 g/mol. The number of hydrogen-bond donors (Lipinski definition) is 2. The zero-order valence-corrected chi connectivity index (χ0v) is 4.87. The number of hydrogen-bond acceptors (Lipinski definition) is 2. The zero-order valence-electron chi connectivity index (χ0n) is 4.87. The first kappa shape index (κ1) is 648. The molecule has 10 N–H and O–H groups in total. The zero-order chi connectivity index (χ0) is 5.41. The Labute approximate surface area is 122 Å². The smallest absolute Gasteiger partial charge is 0.290 e. The third-order valence-corrected chi connectivity index (χ3v) is 0. The van der Waals surface area contributed by atoms with Gasteiger partial charge < -0.3 is 32.1 Å². The molecule has 0 aromatic rings. The van der Waals surface area contributed by atoms with Gasteiger partial charge in [0.1, 0.15) is 0 Å². The fourth-order valence-electron chi connectivity index (χ4n) is 0. The van der Waals surface area contributed by atoms with Gasteiger partial charge in [0.2, 0.25) is 0 Å². The first-order valence-electron chi connectivity index (χ1n) is 0.988. The van der Waals surface area contributed by atoms with Gasteiger partial charge in [0.15, 0.2) is 0 Å². The van der Waals surface area contributed by atoms with Crippen LogP contribution in [0.15, 0.2) is 0 Å². The number of carboxylic acid groups (broad SMARTS) is 2. The summed E-state index contributed by atoms with van der Waals surface area (Å²) in [5, 5.41) is 13.8. The van der Waals surface area contributed by atoms with Crippen molar-refractivity contribution in [2.75, 3.05) is 0 Å². The summed E-state index contributed by atoms with van der Waals surface area (Å²) in [6, 6.07) is 0. The molecule has 140 valence electrons. The second-order valence-corrected chi connectivity index (χ2v) is 0.211. The van der Waals surface area contributed by atoms with E-state index in [1.807, 2.05) is 0 Å². The van der Waals surface area contributed by atoms with Crippen LogP contribution >= 0.6 is 0 Å². The lowest BCUT2D eigenvalue weighted by Gasteiger charge is -1.34. The van der Waals surface area contributed by atoms with Gasteiger partial charge in [-0.3, -0.25) is 9.59 Å². The highest BCUT2D eigenvalue weighted by Gasteiger charge is 1.22. The van der Waals surface area contributed by atoms with E-state index in [1.165, 1.54) is 0 Å². The summed E-state index contributed by atoms with van der Waals surface area (Å²) < 4.78 is 0. The topological polar surface area (TPSA) is 201 Å². The van der Waals surface area contributed by atoms with Crippen molar-refractivity contribution in [1.82, 2.24) is 0 Å². The van der Waals surface area contributed by atoms with Gasteiger partial charge in [-0.05, 0) is 0 Å². The molecule has 0 rings (SSSR count). The van der Waals surface area contributed by atoms with Gasteiger partial charge in [-0.2, -0.15) is 0 Å². The largest absolute Gasteiger partial charge is 0.483 e. The molecule has 0 unspecified atom stereocenters. The number of carbonyl (C=O) groups is 2. The molecule has 0 atom stereocenters. The van der Waals surface area contributed by atoms with Crippen molar-refractivity contribution in [2.24, 2.45) is 0 Å². The Morgan fingerprint density at radius 1 is 0.421 bits per heavy atom. The Bertz CT molecular complexity index is 39.7. The second kappa shape index (κ2) is 6870. The normalized spacial score (nSPS) is 1.26. The van der Waals surface area contributed by atoms with E-state index in [9.17, 15) is 0 Å². The highest BCUT2D eigenvalue weighted by atomic mass is 16.3. The molecule has 0 aromatic heterocycles. The Hall–Kier alpha value is -1.22. The Balaban J connectivity index is -0.000000000769. The SMILES string of the molecule is C.C.C.C.C.C.C.C.C.O.O.O.O.O=CO.O=CO. The molecule has 0 heterocycles. The summed E-state index contributed by atoms with van der Waals surface area (Å²) >= 11 is 0. The molecule has 0 amide bonds. The van der Waals surface area contributed by atoms with Crippen LogP contribution in [0.25, 0.3) is 0 Å². The molecule has 8 heteroatoms. The molecule has 0 saturated carbocycles. The molecule has 0 aliphatic carbocycles. The maximum atomic E-state index is 8.36. The van der Waals surface area contributed by atoms with Gasteiger partial charge in [-0.15, -0.1) is 0 Å². The second-order valence-electron chi connectivity index (χ2n) is 0.211. The lowest BCUT2D eigenvalue weighted by Crippen LogP contribution is -1.49. The maximum absolute atomic E-state index is 8.36. The minimum atomic E-state index is -0.250. The summed E-state index contributed by atoms with van der Waals surface area (Å²) in [6.45, 7) is -0.500. The van der Waals surface area contributed by atoms with Crippen molar-refractivity contribution in [2.45, 2.75) is 66.8 Å². The van der Waals surface area contributed by atoms with Crippen LogP contribution in [0.3, 0.4) is 0 Å². The Kier molecular flexibility index (Phi) is 234000. The van der Waals surface area contributed by atoms with Crippen molar-refractivity contribution >= 4 is 12.9 Å². The summed E-state index contributed by atoms with van der Waals surface area (Å²) in [7, 11) is 0. The van der Waals surface area contributed by atoms with Crippen molar-refractivity contribution in [3.63, 3.8) is 0 Å². The molecular formula is C11H48O8. The van der Waals surface area contributed by atoms with Crippen molar-refractivity contribution in [1.29, 1.82) is 0 Å². The minimum absolute atomic E-state index is 0. The van der Waals surface area contributed by atoms with E-state index in [0.29, 0.717) is 0 Å². The fourth-order valence-corrected chi connectivity index (χ4v) is 0. The minimum Gasteiger partial charge on any atom is -0.483 e. The molecule has 0 fully saturated rings. The summed E-state index contributed by atoms with van der Waals surface area (Å²) in [4.78, 5) is 16.7. The molecule has 19 heavy (non-hydrogen) atoms. The average Bonchev–Trinajstić information content (AvgIpc) is 1.39. The van der Waals surface area contributed by atoms with Crippen LogP contribution in [0.2, 0.25) is 0 Å². The predicted molar refractivity (Wildman–Crippen MR) is 92.4 cm³/mol. The van der Waals surface area contributed by atoms with Crippen LogP contribution in [0, 0.1) is 0 Å². The van der Waals surface area contributed by atoms with E-state index >= 15 is 0 Å². The third kappa shape index (κ3) is 2460. The maximum Gasteiger partial charge on any atom is 0.290 e. The molecule has 0 saturated heterocycles. The van der Waals surface area contributed by atoms with Crippen LogP contribution in [0.1, 0.15) is 66.8 Å². The van der Waals surface area contributed by atoms with Crippen LogP contribution in [-0.2, 0) is 9.59 Å². The average molecular weight is 308 g/mol. The Morgan fingerprint density at radius 3 is 0.421 bits per heavy atom. The van der Waals surface area contributed by atoms with E-state index in [1.54, 1.807) is 0 Å². The van der Waals surface area contributed by atoms with Gasteiger partial charge in [-0.1, -0.05) is 66.8 Å². The van der Waals surface area contributed by atoms with Gasteiger partial charge in [0, 0.05) is 0 Å². The summed E-state index contributed by atoms with van der Waals surface area (Å²) in [5.74, 6) is 0. The molecule has 0 aromatic carbocycles. The summed E-state index contributed by atoms with van der Waals surface area (Å²) in [6.07, 6.45) is 0. The molecule has 0 aliphatic rings. The van der Waals surface area contributed by atoms with E-state index in [0.717, 1.165) is 0 Å². The van der Waals surface area contributed by atoms with Gasteiger partial charge in [0.25, 0.3) is 12.9 Å². The standard InChI is InChI=1S/2CH2O2.9CH4.4H2O/c2*2-1-3;;;;;;;;;;;;;/h2*1H,(H,2,3);9*1H4;4*1H2. The first-order chi connectivity index (χ1) is 2.83. The lowest BCUT2D eigenvalue weighted by atomic mass is 11.7. The highest BCUT2D eigenvalue weighted by molar-refractivity contribution is 5.32. The summed E-state index contributed by atoms with van der Waals surface area (Å²) in [5.41, 5.74) is 0. The molecule has 0 bridgehead atoms. The van der Waals surface area contributed by atoms with Gasteiger partial charge in [0.05, 0.1) is 0 Å².